The fourth-order valence-electron chi connectivity index (χ4n) is 10.4. The summed E-state index contributed by atoms with van der Waals surface area (Å²) < 4.78 is 0. The van der Waals surface area contributed by atoms with Crippen LogP contribution in [0.5, 0.6) is 0 Å². The summed E-state index contributed by atoms with van der Waals surface area (Å²) in [6, 6.07) is 4.59. The summed E-state index contributed by atoms with van der Waals surface area (Å²) in [6.45, 7) is 6.93. The molecule has 1 aromatic carbocycles. The Balaban J connectivity index is 2.53. The van der Waals surface area contributed by atoms with Gasteiger partial charge in [0.05, 0.1) is 0 Å². The standard InChI is InChI=1S/C62H117NO/c1-5-8-11-14-17-20-23-26-29-32-35-38-41-44-47-50-53-58-56-60(62(64)63-4)57-59(54-51-48-45-42-39-36-33-30-27-24-21-18-15-12-9-6-2)61(58)55-52-49-46-43-40-37-34-31-28-25-22-19-16-13-10-7-3/h56-57H,5-55H2,1-4H3,(H,63,64). The van der Waals surface area contributed by atoms with Gasteiger partial charge in [0.25, 0.3) is 5.91 Å². The molecule has 64 heavy (non-hydrogen) atoms. The molecule has 0 spiro atoms. The van der Waals surface area contributed by atoms with E-state index in [1.807, 2.05) is 0 Å². The summed E-state index contributed by atoms with van der Waals surface area (Å²) in [5, 5.41) is 2.97. The second-order valence-electron chi connectivity index (χ2n) is 21.0. The van der Waals surface area contributed by atoms with Gasteiger partial charge in [-0.25, -0.2) is 0 Å². The SMILES string of the molecule is CCCCCCCCCCCCCCCCCCc1cc(C(=O)NC)cc(CCCCCCCCCCCCCCCCCC)c1CCCCCCCCCCCCCCCCCC. The summed E-state index contributed by atoms with van der Waals surface area (Å²) in [6.07, 6.45) is 71.3. The molecule has 0 bridgehead atoms. The number of benzene rings is 1. The van der Waals surface area contributed by atoms with Crippen LogP contribution in [0.25, 0.3) is 0 Å². The van der Waals surface area contributed by atoms with Crippen molar-refractivity contribution in [3.8, 4) is 0 Å². The third-order valence-electron chi connectivity index (χ3n) is 14.8. The molecule has 0 heterocycles. The lowest BCUT2D eigenvalue weighted by molar-refractivity contribution is 0.0963. The van der Waals surface area contributed by atoms with Crippen molar-refractivity contribution in [1.29, 1.82) is 0 Å². The van der Waals surface area contributed by atoms with Gasteiger partial charge < -0.3 is 5.32 Å². The molecule has 0 aliphatic heterocycles. The number of nitrogens with one attached hydrogen (secondary N) is 1. The maximum absolute atomic E-state index is 13.1. The van der Waals surface area contributed by atoms with Gasteiger partial charge in [-0.3, -0.25) is 4.79 Å². The first-order valence-electron chi connectivity index (χ1n) is 30.0. The van der Waals surface area contributed by atoms with Gasteiger partial charge in [-0.2, -0.15) is 0 Å². The number of amides is 1. The Morgan fingerprint density at radius 2 is 0.484 bits per heavy atom. The number of carbonyl (C=O) groups is 1. The van der Waals surface area contributed by atoms with Crippen LogP contribution in [0.1, 0.15) is 356 Å². The van der Waals surface area contributed by atoms with Gasteiger partial charge in [0.15, 0.2) is 0 Å². The molecule has 376 valence electrons. The minimum atomic E-state index is 0.0930. The molecule has 0 unspecified atom stereocenters. The average Bonchev–Trinajstić information content (AvgIpc) is 3.31. The van der Waals surface area contributed by atoms with E-state index in [0.29, 0.717) is 0 Å². The van der Waals surface area contributed by atoms with Gasteiger partial charge in [-0.05, 0) is 67.3 Å². The predicted molar refractivity (Wildman–Crippen MR) is 290 cm³/mol. The van der Waals surface area contributed by atoms with Gasteiger partial charge in [0, 0.05) is 12.6 Å². The lowest BCUT2D eigenvalue weighted by Crippen LogP contribution is -2.19. The van der Waals surface area contributed by atoms with Crippen molar-refractivity contribution in [2.75, 3.05) is 7.05 Å². The van der Waals surface area contributed by atoms with Gasteiger partial charge in [0.1, 0.15) is 0 Å². The molecule has 1 amide bonds. The Kier molecular flexibility index (Phi) is 47.0. The number of rotatable bonds is 52. The molecular formula is C62H117NO. The third-order valence-corrected chi connectivity index (χ3v) is 14.8. The zero-order chi connectivity index (χ0) is 46.1. The number of aryl methyl sites for hydroxylation is 2. The zero-order valence-electron chi connectivity index (χ0n) is 44.6. The van der Waals surface area contributed by atoms with Crippen molar-refractivity contribution in [3.63, 3.8) is 0 Å². The van der Waals surface area contributed by atoms with Crippen molar-refractivity contribution in [3.05, 3.63) is 34.4 Å². The van der Waals surface area contributed by atoms with E-state index in [-0.39, 0.29) is 5.91 Å². The second kappa shape index (κ2) is 49.6. The Labute approximate surface area is 404 Å². The normalized spacial score (nSPS) is 11.6. The molecule has 0 saturated heterocycles. The highest BCUT2D eigenvalue weighted by atomic mass is 16.1. The summed E-state index contributed by atoms with van der Waals surface area (Å²) >= 11 is 0. The van der Waals surface area contributed by atoms with Crippen LogP contribution in [0, 0.1) is 0 Å². The van der Waals surface area contributed by atoms with Crippen LogP contribution in [0.3, 0.4) is 0 Å². The molecule has 1 N–H and O–H groups in total. The molecule has 2 heteroatoms. The van der Waals surface area contributed by atoms with Gasteiger partial charge in [-0.15, -0.1) is 0 Å². The highest BCUT2D eigenvalue weighted by Crippen LogP contribution is 2.26. The van der Waals surface area contributed by atoms with Crippen molar-refractivity contribution in [2.24, 2.45) is 0 Å². The largest absolute Gasteiger partial charge is 0.355 e. The highest BCUT2D eigenvalue weighted by molar-refractivity contribution is 5.94. The van der Waals surface area contributed by atoms with Crippen LogP contribution in [-0.2, 0) is 19.3 Å². The maximum atomic E-state index is 13.1. The zero-order valence-corrected chi connectivity index (χ0v) is 44.6. The highest BCUT2D eigenvalue weighted by Gasteiger charge is 2.15. The van der Waals surface area contributed by atoms with E-state index in [9.17, 15) is 4.79 Å². The van der Waals surface area contributed by atoms with E-state index in [1.54, 1.807) is 12.6 Å². The average molecular weight is 893 g/mol. The Morgan fingerprint density at radius 3 is 0.688 bits per heavy atom. The number of hydrogen-bond acceptors (Lipinski definition) is 1. The molecular weight excluding hydrogens is 775 g/mol. The van der Waals surface area contributed by atoms with E-state index in [4.69, 9.17) is 0 Å². The van der Waals surface area contributed by atoms with Crippen molar-refractivity contribution in [2.45, 2.75) is 348 Å². The minimum Gasteiger partial charge on any atom is -0.355 e. The van der Waals surface area contributed by atoms with Gasteiger partial charge in [-0.1, -0.05) is 310 Å². The monoisotopic (exact) mass is 892 g/mol. The second-order valence-corrected chi connectivity index (χ2v) is 21.0. The Bertz CT molecular complexity index is 1040. The van der Waals surface area contributed by atoms with Gasteiger partial charge in [0.2, 0.25) is 0 Å². The van der Waals surface area contributed by atoms with Crippen molar-refractivity contribution >= 4 is 5.91 Å². The van der Waals surface area contributed by atoms with E-state index >= 15 is 0 Å². The topological polar surface area (TPSA) is 29.1 Å². The first kappa shape index (κ1) is 60.7. The van der Waals surface area contributed by atoms with Crippen molar-refractivity contribution < 1.29 is 4.79 Å². The van der Waals surface area contributed by atoms with E-state index < -0.39 is 0 Å². The molecule has 1 aromatic rings. The van der Waals surface area contributed by atoms with Crippen LogP contribution in [-0.4, -0.2) is 13.0 Å². The summed E-state index contributed by atoms with van der Waals surface area (Å²) in [5.41, 5.74) is 5.52. The van der Waals surface area contributed by atoms with E-state index in [2.05, 4.69) is 38.2 Å². The summed E-state index contributed by atoms with van der Waals surface area (Å²) in [5.74, 6) is 0.0930. The molecule has 0 radical (unpaired) electrons. The quantitative estimate of drug-likeness (QED) is 0.0649. The van der Waals surface area contributed by atoms with Crippen LogP contribution in [0.15, 0.2) is 12.1 Å². The molecule has 0 aromatic heterocycles. The lowest BCUT2D eigenvalue weighted by atomic mass is 9.88. The van der Waals surface area contributed by atoms with Crippen LogP contribution in [0.4, 0.5) is 0 Å². The number of carbonyl (C=O) groups excluding carboxylic acids is 1. The number of unbranched alkanes of at least 4 members (excludes halogenated alkanes) is 45. The van der Waals surface area contributed by atoms with Crippen molar-refractivity contribution in [1.82, 2.24) is 5.32 Å². The first-order valence-corrected chi connectivity index (χ1v) is 30.0. The van der Waals surface area contributed by atoms with Crippen LogP contribution >= 0.6 is 0 Å². The molecule has 2 nitrogen and oxygen atoms in total. The van der Waals surface area contributed by atoms with Crippen LogP contribution < -0.4 is 5.32 Å². The fraction of sp³-hybridized carbons (Fsp3) is 0.887. The molecule has 0 saturated carbocycles. The fourth-order valence-corrected chi connectivity index (χ4v) is 10.4. The summed E-state index contributed by atoms with van der Waals surface area (Å²) in [7, 11) is 1.80. The molecule has 0 aliphatic rings. The molecule has 0 atom stereocenters. The Morgan fingerprint density at radius 1 is 0.297 bits per heavy atom. The smallest absolute Gasteiger partial charge is 0.251 e. The van der Waals surface area contributed by atoms with E-state index in [1.165, 1.54) is 326 Å². The minimum absolute atomic E-state index is 0.0930. The molecule has 0 aliphatic carbocycles. The molecule has 1 rings (SSSR count). The third kappa shape index (κ3) is 38.8. The number of hydrogen-bond donors (Lipinski definition) is 1. The summed E-state index contributed by atoms with van der Waals surface area (Å²) in [4.78, 5) is 13.1. The Hall–Kier alpha value is -1.31. The maximum Gasteiger partial charge on any atom is 0.251 e. The van der Waals surface area contributed by atoms with E-state index in [0.717, 1.165) is 18.4 Å². The lowest BCUT2D eigenvalue weighted by Gasteiger charge is -2.18. The van der Waals surface area contributed by atoms with Gasteiger partial charge >= 0.3 is 0 Å². The first-order chi connectivity index (χ1) is 31.7. The van der Waals surface area contributed by atoms with Crippen LogP contribution in [0.2, 0.25) is 0 Å². The molecule has 0 fully saturated rings. The predicted octanol–water partition coefficient (Wildman–Crippen LogP) is 21.5.